The van der Waals surface area contributed by atoms with Crippen molar-refractivity contribution in [1.29, 1.82) is 0 Å². The number of pyridine rings is 2. The molecule has 28 heavy (non-hydrogen) atoms. The summed E-state index contributed by atoms with van der Waals surface area (Å²) in [7, 11) is 1.50. The molecule has 0 aliphatic rings. The van der Waals surface area contributed by atoms with E-state index < -0.39 is 0 Å². The van der Waals surface area contributed by atoms with E-state index in [0.717, 1.165) is 35.2 Å². The van der Waals surface area contributed by atoms with Crippen molar-refractivity contribution in [2.45, 2.75) is 32.9 Å². The molecule has 150 valence electrons. The molecule has 3 aromatic heterocycles. The van der Waals surface area contributed by atoms with E-state index in [2.05, 4.69) is 24.8 Å². The van der Waals surface area contributed by atoms with Crippen LogP contribution in [0.4, 0.5) is 5.82 Å². The number of imidazole rings is 1. The van der Waals surface area contributed by atoms with E-state index in [0.29, 0.717) is 37.6 Å². The summed E-state index contributed by atoms with van der Waals surface area (Å²) in [5.74, 6) is 1.08. The number of anilines is 1. The molecular weight excluding hydrogens is 360 g/mol. The van der Waals surface area contributed by atoms with Crippen molar-refractivity contribution in [2.24, 2.45) is 0 Å². The first kappa shape index (κ1) is 20.0. The maximum Gasteiger partial charge on any atom is 0.245 e. The van der Waals surface area contributed by atoms with Crippen LogP contribution >= 0.6 is 0 Å². The molecule has 3 rings (SSSR count). The van der Waals surface area contributed by atoms with Gasteiger partial charge in [0, 0.05) is 33.0 Å². The van der Waals surface area contributed by atoms with E-state index >= 15 is 0 Å². The van der Waals surface area contributed by atoms with Crippen LogP contribution in [0.25, 0.3) is 22.1 Å². The maximum absolute atomic E-state index is 11.5. The summed E-state index contributed by atoms with van der Waals surface area (Å²) in [5, 5.41) is 2.83. The summed E-state index contributed by atoms with van der Waals surface area (Å²) in [5.41, 5.74) is 9.19. The highest BCUT2D eigenvalue weighted by Gasteiger charge is 2.18. The second-order valence-electron chi connectivity index (χ2n) is 6.37. The number of fused-ring (bicyclic) bond motifs is 3. The Bertz CT molecular complexity index is 956. The molecule has 9 heteroatoms. The van der Waals surface area contributed by atoms with Crippen LogP contribution in [-0.4, -0.2) is 52.3 Å². The lowest BCUT2D eigenvalue weighted by Crippen LogP contribution is -2.28. The number of ether oxygens (including phenoxy) is 2. The molecule has 0 aromatic carbocycles. The number of carbonyl (C=O) groups excluding carboxylic acids is 1. The summed E-state index contributed by atoms with van der Waals surface area (Å²) < 4.78 is 12.5. The standard InChI is InChI=1S/C19H26N6O3/c1-3-28-11-14-24-17-18(16-13(23-19(17)20)7-6-9-22-16)25(14)10-5-4-8-21-15(26)12-27-2/h6-7,9H,3-5,8,10-12H2,1-2H3,(H2,20,23)(H,21,26). The van der Waals surface area contributed by atoms with Gasteiger partial charge >= 0.3 is 0 Å². The number of aryl methyl sites for hydroxylation is 1. The Morgan fingerprint density at radius 1 is 1.29 bits per heavy atom. The fourth-order valence-electron chi connectivity index (χ4n) is 3.12. The molecule has 3 aromatic rings. The van der Waals surface area contributed by atoms with Crippen molar-refractivity contribution in [3.05, 3.63) is 24.2 Å². The zero-order chi connectivity index (χ0) is 19.9. The summed E-state index contributed by atoms with van der Waals surface area (Å²) in [6.45, 7) is 4.33. The summed E-state index contributed by atoms with van der Waals surface area (Å²) in [6, 6.07) is 3.73. The lowest BCUT2D eigenvalue weighted by molar-refractivity contribution is -0.124. The number of nitrogen functional groups attached to an aromatic ring is 1. The largest absolute Gasteiger partial charge is 0.382 e. The molecule has 0 fully saturated rings. The van der Waals surface area contributed by atoms with Crippen LogP contribution in [-0.2, 0) is 27.4 Å². The van der Waals surface area contributed by atoms with E-state index in [4.69, 9.17) is 15.2 Å². The Morgan fingerprint density at radius 2 is 2.14 bits per heavy atom. The Balaban J connectivity index is 1.85. The van der Waals surface area contributed by atoms with E-state index in [9.17, 15) is 4.79 Å². The molecule has 0 aliphatic heterocycles. The number of carbonyl (C=O) groups is 1. The van der Waals surface area contributed by atoms with Gasteiger partial charge in [-0.25, -0.2) is 9.97 Å². The minimum Gasteiger partial charge on any atom is -0.382 e. The third-order valence-corrected chi connectivity index (χ3v) is 4.38. The number of nitrogens with two attached hydrogens (primary N) is 1. The number of unbranched alkanes of at least 4 members (excludes halogenated alkanes) is 1. The number of amides is 1. The number of rotatable bonds is 10. The third kappa shape index (κ3) is 4.37. The van der Waals surface area contributed by atoms with Gasteiger partial charge in [0.1, 0.15) is 35.6 Å². The Hall–Kier alpha value is -2.78. The van der Waals surface area contributed by atoms with Gasteiger partial charge in [0.2, 0.25) is 5.91 Å². The third-order valence-electron chi connectivity index (χ3n) is 4.38. The molecule has 0 radical (unpaired) electrons. The maximum atomic E-state index is 11.5. The predicted octanol–water partition coefficient (Wildman–Crippen LogP) is 1.64. The fraction of sp³-hybridized carbons (Fsp3) is 0.474. The van der Waals surface area contributed by atoms with Gasteiger partial charge in [0.15, 0.2) is 5.82 Å². The summed E-state index contributed by atoms with van der Waals surface area (Å²) >= 11 is 0. The highest BCUT2D eigenvalue weighted by Crippen LogP contribution is 2.28. The number of nitrogens with one attached hydrogen (secondary N) is 1. The molecule has 1 amide bonds. The SMILES string of the molecule is CCOCc1nc2c(N)nc3cccnc3c2n1CCCCNC(=O)COC. The first-order chi connectivity index (χ1) is 13.7. The van der Waals surface area contributed by atoms with Gasteiger partial charge in [0.25, 0.3) is 0 Å². The van der Waals surface area contributed by atoms with Crippen molar-refractivity contribution in [3.63, 3.8) is 0 Å². The average molecular weight is 386 g/mol. The highest BCUT2D eigenvalue weighted by molar-refractivity contribution is 6.04. The topological polar surface area (TPSA) is 117 Å². The Labute approximate surface area is 163 Å². The van der Waals surface area contributed by atoms with Gasteiger partial charge in [-0.15, -0.1) is 0 Å². The van der Waals surface area contributed by atoms with Gasteiger partial charge in [-0.3, -0.25) is 9.78 Å². The van der Waals surface area contributed by atoms with Crippen LogP contribution in [0.15, 0.2) is 18.3 Å². The molecule has 3 N–H and O–H groups in total. The molecule has 0 aliphatic carbocycles. The second kappa shape index (κ2) is 9.43. The first-order valence-corrected chi connectivity index (χ1v) is 9.38. The number of aromatic nitrogens is 4. The van der Waals surface area contributed by atoms with Crippen LogP contribution < -0.4 is 11.1 Å². The lowest BCUT2D eigenvalue weighted by atomic mass is 10.2. The number of nitrogens with zero attached hydrogens (tertiary/aromatic N) is 4. The van der Waals surface area contributed by atoms with Crippen molar-refractivity contribution in [3.8, 4) is 0 Å². The van der Waals surface area contributed by atoms with Crippen molar-refractivity contribution >= 4 is 33.8 Å². The van der Waals surface area contributed by atoms with Crippen molar-refractivity contribution in [1.82, 2.24) is 24.8 Å². The molecule has 9 nitrogen and oxygen atoms in total. The molecular formula is C19H26N6O3. The van der Waals surface area contributed by atoms with Crippen molar-refractivity contribution < 1.29 is 14.3 Å². The zero-order valence-corrected chi connectivity index (χ0v) is 16.3. The normalized spacial score (nSPS) is 11.4. The zero-order valence-electron chi connectivity index (χ0n) is 16.3. The predicted molar refractivity (Wildman–Crippen MR) is 107 cm³/mol. The smallest absolute Gasteiger partial charge is 0.245 e. The molecule has 0 saturated carbocycles. The van der Waals surface area contributed by atoms with Crippen LogP contribution in [0.2, 0.25) is 0 Å². The van der Waals surface area contributed by atoms with Gasteiger partial charge in [0.05, 0.1) is 5.52 Å². The molecule has 0 atom stereocenters. The Morgan fingerprint density at radius 3 is 2.93 bits per heavy atom. The fourth-order valence-corrected chi connectivity index (χ4v) is 3.12. The van der Waals surface area contributed by atoms with Gasteiger partial charge in [-0.05, 0) is 31.9 Å². The van der Waals surface area contributed by atoms with Crippen molar-refractivity contribution in [2.75, 3.05) is 32.6 Å². The van der Waals surface area contributed by atoms with Gasteiger partial charge < -0.3 is 25.1 Å². The van der Waals surface area contributed by atoms with E-state index in [1.807, 2.05) is 19.1 Å². The molecule has 0 saturated heterocycles. The van der Waals surface area contributed by atoms with E-state index in [1.54, 1.807) is 6.20 Å². The molecule has 3 heterocycles. The first-order valence-electron chi connectivity index (χ1n) is 9.38. The number of hydrogen-bond donors (Lipinski definition) is 2. The van der Waals surface area contributed by atoms with Gasteiger partial charge in [-0.2, -0.15) is 0 Å². The molecule has 0 bridgehead atoms. The summed E-state index contributed by atoms with van der Waals surface area (Å²) in [6.07, 6.45) is 3.42. The number of methoxy groups -OCH3 is 1. The minimum atomic E-state index is -0.110. The minimum absolute atomic E-state index is 0.0780. The number of hydrogen-bond acceptors (Lipinski definition) is 7. The van der Waals surface area contributed by atoms with Crippen LogP contribution in [0.1, 0.15) is 25.6 Å². The molecule has 0 spiro atoms. The molecule has 0 unspecified atom stereocenters. The van der Waals surface area contributed by atoms with Crippen LogP contribution in [0, 0.1) is 0 Å². The van der Waals surface area contributed by atoms with Crippen LogP contribution in [0.3, 0.4) is 0 Å². The van der Waals surface area contributed by atoms with Gasteiger partial charge in [-0.1, -0.05) is 0 Å². The second-order valence-corrected chi connectivity index (χ2v) is 6.37. The van der Waals surface area contributed by atoms with Crippen LogP contribution in [0.5, 0.6) is 0 Å². The highest BCUT2D eigenvalue weighted by atomic mass is 16.5. The lowest BCUT2D eigenvalue weighted by Gasteiger charge is -2.11. The van der Waals surface area contributed by atoms with E-state index in [-0.39, 0.29) is 12.5 Å². The quantitative estimate of drug-likeness (QED) is 0.509. The monoisotopic (exact) mass is 386 g/mol. The summed E-state index contributed by atoms with van der Waals surface area (Å²) in [4.78, 5) is 25.1. The van der Waals surface area contributed by atoms with E-state index in [1.165, 1.54) is 7.11 Å². The Kier molecular flexibility index (Phi) is 6.72. The average Bonchev–Trinajstić information content (AvgIpc) is 3.06.